The fraction of sp³-hybridized carbons (Fsp3) is 0.375. The van der Waals surface area contributed by atoms with E-state index in [1.165, 1.54) is 10.9 Å². The molecule has 2 unspecified atom stereocenters. The van der Waals surface area contributed by atoms with E-state index in [1.54, 1.807) is 24.3 Å². The first kappa shape index (κ1) is 15.0. The van der Waals surface area contributed by atoms with Gasteiger partial charge in [0, 0.05) is 35.6 Å². The Balaban J connectivity index is 2.24. The third kappa shape index (κ3) is 3.19. The largest absolute Gasteiger partial charge is 0.389 e. The van der Waals surface area contributed by atoms with Crippen LogP contribution >= 0.6 is 11.3 Å². The van der Waals surface area contributed by atoms with Gasteiger partial charge in [0.25, 0.3) is 0 Å². The second-order valence-corrected chi connectivity index (χ2v) is 6.12. The predicted molar refractivity (Wildman–Crippen MR) is 82.9 cm³/mol. The maximum absolute atomic E-state index is 13.9. The normalized spacial score (nSPS) is 14.1. The van der Waals surface area contributed by atoms with Crippen molar-refractivity contribution in [2.45, 2.75) is 32.4 Å². The van der Waals surface area contributed by atoms with Crippen LogP contribution in [0.4, 0.5) is 10.1 Å². The monoisotopic (exact) mass is 293 g/mol. The molecular weight excluding hydrogens is 273 g/mol. The summed E-state index contributed by atoms with van der Waals surface area (Å²) in [7, 11) is 1.94. The van der Waals surface area contributed by atoms with Crippen molar-refractivity contribution in [1.29, 1.82) is 0 Å². The van der Waals surface area contributed by atoms with Crippen molar-refractivity contribution < 1.29 is 9.50 Å². The van der Waals surface area contributed by atoms with E-state index in [9.17, 15) is 9.50 Å². The number of hydrogen-bond donors (Lipinski definition) is 1. The number of anilines is 1. The van der Waals surface area contributed by atoms with E-state index in [4.69, 9.17) is 0 Å². The van der Waals surface area contributed by atoms with Gasteiger partial charge in [0.2, 0.25) is 0 Å². The number of halogens is 1. The summed E-state index contributed by atoms with van der Waals surface area (Å²) in [6.07, 6.45) is 0.0896. The molecule has 0 fully saturated rings. The summed E-state index contributed by atoms with van der Waals surface area (Å²) in [4.78, 5) is 3.34. The Bertz CT molecular complexity index is 554. The Morgan fingerprint density at radius 3 is 2.60 bits per heavy atom. The molecular formula is C16H20FNOS. The van der Waals surface area contributed by atoms with E-state index in [0.717, 1.165) is 12.1 Å². The third-order valence-electron chi connectivity index (χ3n) is 3.57. The zero-order chi connectivity index (χ0) is 14.7. The van der Waals surface area contributed by atoms with Gasteiger partial charge in [-0.3, -0.25) is 0 Å². The topological polar surface area (TPSA) is 23.5 Å². The molecule has 0 radical (unpaired) electrons. The predicted octanol–water partition coefficient (Wildman–Crippen LogP) is 4.01. The molecule has 4 heteroatoms. The Kier molecular flexibility index (Phi) is 4.78. The summed E-state index contributed by atoms with van der Waals surface area (Å²) in [6.45, 7) is 3.70. The highest BCUT2D eigenvalue weighted by Crippen LogP contribution is 2.30. The Morgan fingerprint density at radius 2 is 2.00 bits per heavy atom. The number of aliphatic hydroxyl groups excluding tert-OH is 1. The van der Waals surface area contributed by atoms with Gasteiger partial charge in [-0.1, -0.05) is 12.1 Å². The first-order valence-corrected chi connectivity index (χ1v) is 7.60. The summed E-state index contributed by atoms with van der Waals surface area (Å²) in [5.74, 6) is -0.354. The van der Waals surface area contributed by atoms with Crippen LogP contribution in [0.1, 0.15) is 30.4 Å². The van der Waals surface area contributed by atoms with Crippen molar-refractivity contribution in [2.24, 2.45) is 0 Å². The first-order chi connectivity index (χ1) is 9.50. The van der Waals surface area contributed by atoms with Crippen molar-refractivity contribution in [1.82, 2.24) is 0 Å². The second kappa shape index (κ2) is 6.37. The van der Waals surface area contributed by atoms with Gasteiger partial charge in [-0.15, -0.1) is 11.3 Å². The van der Waals surface area contributed by atoms with E-state index in [0.29, 0.717) is 5.56 Å². The molecule has 20 heavy (non-hydrogen) atoms. The second-order valence-electron chi connectivity index (χ2n) is 5.09. The quantitative estimate of drug-likeness (QED) is 0.900. The summed E-state index contributed by atoms with van der Waals surface area (Å²) in [6, 6.07) is 9.31. The van der Waals surface area contributed by atoms with Gasteiger partial charge in [0.1, 0.15) is 5.82 Å². The lowest BCUT2D eigenvalue weighted by Crippen LogP contribution is -2.31. The summed E-state index contributed by atoms with van der Waals surface area (Å²) < 4.78 is 13.9. The van der Waals surface area contributed by atoms with Gasteiger partial charge in [0.05, 0.1) is 6.10 Å². The van der Waals surface area contributed by atoms with Crippen LogP contribution < -0.4 is 4.90 Å². The maximum atomic E-state index is 13.9. The van der Waals surface area contributed by atoms with Crippen LogP contribution in [0.2, 0.25) is 0 Å². The lowest BCUT2D eigenvalue weighted by Gasteiger charge is -2.29. The molecule has 108 valence electrons. The van der Waals surface area contributed by atoms with Crippen LogP contribution in [-0.2, 0) is 6.42 Å². The SMILES string of the molecule is CC(O)c1c(F)cccc1N(C)C(C)Cc1cccs1. The standard InChI is InChI=1S/C16H20FNOS/c1-11(10-13-6-5-9-20-13)18(3)15-8-4-7-14(17)16(15)12(2)19/h4-9,11-12,19H,10H2,1-3H3. The number of likely N-dealkylation sites (N-methyl/N-ethyl adjacent to an activating group) is 1. The lowest BCUT2D eigenvalue weighted by molar-refractivity contribution is 0.194. The molecule has 1 N–H and O–H groups in total. The molecule has 0 aliphatic carbocycles. The van der Waals surface area contributed by atoms with Crippen LogP contribution in [0.15, 0.2) is 35.7 Å². The van der Waals surface area contributed by atoms with Crippen LogP contribution in [0, 0.1) is 5.82 Å². The van der Waals surface area contributed by atoms with Gasteiger partial charge in [0.15, 0.2) is 0 Å². The summed E-state index contributed by atoms with van der Waals surface area (Å²) in [5, 5.41) is 11.9. The molecule has 0 saturated carbocycles. The molecule has 1 aromatic heterocycles. The van der Waals surface area contributed by atoms with E-state index in [-0.39, 0.29) is 11.9 Å². The zero-order valence-electron chi connectivity index (χ0n) is 12.0. The highest BCUT2D eigenvalue weighted by molar-refractivity contribution is 7.09. The van der Waals surface area contributed by atoms with Crippen molar-refractivity contribution in [3.05, 3.63) is 52.0 Å². The number of aliphatic hydroxyl groups is 1. The Hall–Kier alpha value is -1.39. The van der Waals surface area contributed by atoms with Gasteiger partial charge >= 0.3 is 0 Å². The van der Waals surface area contributed by atoms with E-state index in [2.05, 4.69) is 18.4 Å². The van der Waals surface area contributed by atoms with Crippen LogP contribution in [0.3, 0.4) is 0 Å². The molecule has 0 bridgehead atoms. The van der Waals surface area contributed by atoms with Gasteiger partial charge in [-0.05, 0) is 37.4 Å². The first-order valence-electron chi connectivity index (χ1n) is 6.72. The number of rotatable bonds is 5. The van der Waals surface area contributed by atoms with Crippen molar-refractivity contribution in [3.8, 4) is 0 Å². The zero-order valence-corrected chi connectivity index (χ0v) is 12.8. The van der Waals surface area contributed by atoms with Gasteiger partial charge in [-0.25, -0.2) is 4.39 Å². The van der Waals surface area contributed by atoms with Crippen molar-refractivity contribution in [3.63, 3.8) is 0 Å². The van der Waals surface area contributed by atoms with Crippen molar-refractivity contribution in [2.75, 3.05) is 11.9 Å². The molecule has 2 nitrogen and oxygen atoms in total. The number of nitrogens with zero attached hydrogens (tertiary/aromatic N) is 1. The highest BCUT2D eigenvalue weighted by atomic mass is 32.1. The molecule has 1 heterocycles. The van der Waals surface area contributed by atoms with E-state index >= 15 is 0 Å². The molecule has 2 rings (SSSR count). The molecule has 2 atom stereocenters. The molecule has 0 aliphatic heterocycles. The summed E-state index contributed by atoms with van der Waals surface area (Å²) in [5.41, 5.74) is 1.12. The number of thiophene rings is 1. The fourth-order valence-corrected chi connectivity index (χ4v) is 3.17. The Labute approximate surface area is 123 Å². The maximum Gasteiger partial charge on any atom is 0.131 e. The van der Waals surface area contributed by atoms with Crippen LogP contribution in [0.5, 0.6) is 0 Å². The average Bonchev–Trinajstić information content (AvgIpc) is 2.89. The number of hydrogen-bond acceptors (Lipinski definition) is 3. The molecule has 0 amide bonds. The molecule has 1 aromatic carbocycles. The third-order valence-corrected chi connectivity index (χ3v) is 4.46. The van der Waals surface area contributed by atoms with E-state index in [1.807, 2.05) is 24.1 Å². The molecule has 0 spiro atoms. The van der Waals surface area contributed by atoms with Gasteiger partial charge < -0.3 is 10.0 Å². The Morgan fingerprint density at radius 1 is 1.25 bits per heavy atom. The lowest BCUT2D eigenvalue weighted by atomic mass is 10.0. The summed E-state index contributed by atoms with van der Waals surface area (Å²) >= 11 is 1.73. The van der Waals surface area contributed by atoms with E-state index < -0.39 is 6.10 Å². The van der Waals surface area contributed by atoms with Crippen LogP contribution in [0.25, 0.3) is 0 Å². The minimum absolute atomic E-state index is 0.230. The van der Waals surface area contributed by atoms with Gasteiger partial charge in [-0.2, -0.15) is 0 Å². The van der Waals surface area contributed by atoms with Crippen molar-refractivity contribution >= 4 is 17.0 Å². The average molecular weight is 293 g/mol. The molecule has 0 saturated heterocycles. The smallest absolute Gasteiger partial charge is 0.131 e. The molecule has 0 aliphatic rings. The fourth-order valence-electron chi connectivity index (χ4n) is 2.34. The highest BCUT2D eigenvalue weighted by Gasteiger charge is 2.19. The molecule has 2 aromatic rings. The number of benzene rings is 1. The van der Waals surface area contributed by atoms with Crippen LogP contribution in [-0.4, -0.2) is 18.2 Å². The minimum atomic E-state index is -0.817. The minimum Gasteiger partial charge on any atom is -0.389 e.